The Bertz CT molecular complexity index is 1110. The van der Waals surface area contributed by atoms with Crippen LogP contribution >= 0.6 is 11.3 Å². The fraction of sp³-hybridized carbons (Fsp3) is 0.176. The number of amides is 1. The van der Waals surface area contributed by atoms with E-state index in [-0.39, 0.29) is 16.2 Å². The number of methoxy groups -OCH3 is 2. The first-order chi connectivity index (χ1) is 12.9. The Morgan fingerprint density at radius 3 is 2.56 bits per heavy atom. The van der Waals surface area contributed by atoms with Crippen molar-refractivity contribution >= 4 is 42.6 Å². The molecule has 1 aromatic heterocycles. The number of nitrogens with one attached hydrogen (secondary N) is 2. The lowest BCUT2D eigenvalue weighted by molar-refractivity contribution is 0.102. The van der Waals surface area contributed by atoms with Crippen LogP contribution in [0.2, 0.25) is 0 Å². The number of anilines is 1. The zero-order chi connectivity index (χ0) is 19.6. The first-order valence-corrected chi connectivity index (χ1v) is 10.1. The second-order valence-electron chi connectivity index (χ2n) is 5.38. The molecular weight excluding hydrogens is 390 g/mol. The number of nitrogens with zero attached hydrogens (tertiary/aromatic N) is 1. The molecule has 1 heterocycles. The van der Waals surface area contributed by atoms with Crippen LogP contribution in [0.4, 0.5) is 5.13 Å². The Morgan fingerprint density at radius 1 is 1.11 bits per heavy atom. The minimum absolute atomic E-state index is 0.116. The number of sulfonamides is 1. The standard InChI is InChI=1S/C17H17N3O5S2/c1-18-27(22,23)15-8-10(4-7-13(15)25-3)16(21)20-17-19-12-6-5-11(24-2)9-14(12)26-17/h4-9,18H,1-3H3,(H,19,20,21). The summed E-state index contributed by atoms with van der Waals surface area (Å²) in [5.74, 6) is 0.366. The molecule has 2 N–H and O–H groups in total. The van der Waals surface area contributed by atoms with Crippen LogP contribution in [0.5, 0.6) is 11.5 Å². The Morgan fingerprint density at radius 2 is 1.89 bits per heavy atom. The topological polar surface area (TPSA) is 107 Å². The van der Waals surface area contributed by atoms with Crippen molar-refractivity contribution in [2.24, 2.45) is 0 Å². The molecule has 0 aliphatic rings. The van der Waals surface area contributed by atoms with E-state index < -0.39 is 15.9 Å². The van der Waals surface area contributed by atoms with Crippen molar-refractivity contribution in [3.8, 4) is 11.5 Å². The maximum absolute atomic E-state index is 12.6. The average molecular weight is 407 g/mol. The number of rotatable bonds is 6. The van der Waals surface area contributed by atoms with Gasteiger partial charge < -0.3 is 9.47 Å². The maximum Gasteiger partial charge on any atom is 0.257 e. The summed E-state index contributed by atoms with van der Waals surface area (Å²) in [5.41, 5.74) is 0.894. The third-order valence-corrected chi connectivity index (χ3v) is 6.17. The fourth-order valence-electron chi connectivity index (χ4n) is 2.39. The molecule has 0 aliphatic heterocycles. The molecule has 0 spiro atoms. The van der Waals surface area contributed by atoms with E-state index >= 15 is 0 Å². The number of hydrogen-bond acceptors (Lipinski definition) is 7. The lowest BCUT2D eigenvalue weighted by Crippen LogP contribution is -2.20. The summed E-state index contributed by atoms with van der Waals surface area (Å²) in [6.07, 6.45) is 0. The molecule has 0 radical (unpaired) electrons. The van der Waals surface area contributed by atoms with Gasteiger partial charge in [-0.1, -0.05) is 11.3 Å². The number of ether oxygens (including phenoxy) is 2. The third-order valence-electron chi connectivity index (χ3n) is 3.80. The SMILES string of the molecule is CNS(=O)(=O)c1cc(C(=O)Nc2nc3ccc(OC)cc3s2)ccc1OC. The summed E-state index contributed by atoms with van der Waals surface area (Å²) in [5, 5.41) is 3.09. The number of carbonyl (C=O) groups excluding carboxylic acids is 1. The van der Waals surface area contributed by atoms with E-state index in [9.17, 15) is 13.2 Å². The predicted molar refractivity (Wildman–Crippen MR) is 103 cm³/mol. The van der Waals surface area contributed by atoms with Gasteiger partial charge in [-0.15, -0.1) is 0 Å². The second kappa shape index (κ2) is 7.51. The zero-order valence-corrected chi connectivity index (χ0v) is 16.4. The zero-order valence-electron chi connectivity index (χ0n) is 14.8. The predicted octanol–water partition coefficient (Wildman–Crippen LogP) is 2.47. The number of hydrogen-bond donors (Lipinski definition) is 2. The maximum atomic E-state index is 12.6. The van der Waals surface area contributed by atoms with E-state index in [2.05, 4.69) is 15.0 Å². The fourth-order valence-corrected chi connectivity index (χ4v) is 4.20. The lowest BCUT2D eigenvalue weighted by Gasteiger charge is -2.10. The Balaban J connectivity index is 1.91. The highest BCUT2D eigenvalue weighted by Crippen LogP contribution is 2.30. The van der Waals surface area contributed by atoms with Gasteiger partial charge in [0.1, 0.15) is 16.4 Å². The van der Waals surface area contributed by atoms with Gasteiger partial charge in [0.25, 0.3) is 5.91 Å². The van der Waals surface area contributed by atoms with Crippen LogP contribution < -0.4 is 19.5 Å². The van der Waals surface area contributed by atoms with Crippen molar-refractivity contribution in [1.29, 1.82) is 0 Å². The number of thiazole rings is 1. The molecule has 0 aliphatic carbocycles. The summed E-state index contributed by atoms with van der Waals surface area (Å²) in [6.45, 7) is 0. The van der Waals surface area contributed by atoms with Crippen LogP contribution in [0.1, 0.15) is 10.4 Å². The van der Waals surface area contributed by atoms with E-state index in [4.69, 9.17) is 9.47 Å². The van der Waals surface area contributed by atoms with Gasteiger partial charge in [-0.3, -0.25) is 10.1 Å². The summed E-state index contributed by atoms with van der Waals surface area (Å²) in [4.78, 5) is 16.8. The number of benzene rings is 2. The molecule has 2 aromatic carbocycles. The van der Waals surface area contributed by atoms with Crippen LogP contribution in [0, 0.1) is 0 Å². The van der Waals surface area contributed by atoms with Crippen LogP contribution in [0.15, 0.2) is 41.3 Å². The highest BCUT2D eigenvalue weighted by atomic mass is 32.2. The summed E-state index contributed by atoms with van der Waals surface area (Å²) < 4.78 is 37.6. The number of carbonyl (C=O) groups is 1. The molecule has 0 atom stereocenters. The van der Waals surface area contributed by atoms with Gasteiger partial charge in [0, 0.05) is 5.56 Å². The van der Waals surface area contributed by atoms with Crippen LogP contribution in [0.25, 0.3) is 10.2 Å². The summed E-state index contributed by atoms with van der Waals surface area (Å²) in [6, 6.07) is 9.59. The quantitative estimate of drug-likeness (QED) is 0.650. The van der Waals surface area contributed by atoms with Gasteiger partial charge in [0.2, 0.25) is 10.0 Å². The van der Waals surface area contributed by atoms with Gasteiger partial charge in [-0.05, 0) is 43.4 Å². The first kappa shape index (κ1) is 19.1. The molecule has 0 fully saturated rings. The van der Waals surface area contributed by atoms with Crippen LogP contribution in [-0.2, 0) is 10.0 Å². The van der Waals surface area contributed by atoms with E-state index in [0.717, 1.165) is 10.2 Å². The van der Waals surface area contributed by atoms with E-state index in [1.54, 1.807) is 19.2 Å². The highest BCUT2D eigenvalue weighted by Gasteiger charge is 2.20. The van der Waals surface area contributed by atoms with Gasteiger partial charge in [-0.25, -0.2) is 18.1 Å². The first-order valence-electron chi connectivity index (χ1n) is 7.75. The largest absolute Gasteiger partial charge is 0.497 e. The van der Waals surface area contributed by atoms with Gasteiger partial charge in [0.05, 0.1) is 24.4 Å². The molecule has 0 saturated heterocycles. The molecule has 1 amide bonds. The highest BCUT2D eigenvalue weighted by molar-refractivity contribution is 7.89. The Kier molecular flexibility index (Phi) is 5.31. The lowest BCUT2D eigenvalue weighted by atomic mass is 10.2. The normalized spacial score (nSPS) is 11.4. The molecule has 3 aromatic rings. The number of aromatic nitrogens is 1. The van der Waals surface area contributed by atoms with Crippen molar-refractivity contribution in [3.05, 3.63) is 42.0 Å². The molecule has 10 heteroatoms. The molecule has 8 nitrogen and oxygen atoms in total. The number of fused-ring (bicyclic) bond motifs is 1. The Hall–Kier alpha value is -2.69. The molecular formula is C17H17N3O5S2. The van der Waals surface area contributed by atoms with E-state index in [1.807, 2.05) is 6.07 Å². The van der Waals surface area contributed by atoms with Gasteiger partial charge in [0.15, 0.2) is 5.13 Å². The summed E-state index contributed by atoms with van der Waals surface area (Å²) in [7, 11) is 0.444. The Labute approximate surface area is 160 Å². The minimum atomic E-state index is -3.78. The third kappa shape index (κ3) is 3.87. The van der Waals surface area contributed by atoms with Crippen LogP contribution in [-0.4, -0.2) is 40.6 Å². The van der Waals surface area contributed by atoms with Crippen molar-refractivity contribution in [2.45, 2.75) is 4.90 Å². The molecule has 0 bridgehead atoms. The van der Waals surface area contributed by atoms with Crippen molar-refractivity contribution in [2.75, 3.05) is 26.6 Å². The van der Waals surface area contributed by atoms with Crippen LogP contribution in [0.3, 0.4) is 0 Å². The molecule has 3 rings (SSSR count). The second-order valence-corrected chi connectivity index (χ2v) is 8.27. The molecule has 0 unspecified atom stereocenters. The van der Waals surface area contributed by atoms with Gasteiger partial charge in [-0.2, -0.15) is 0 Å². The van der Waals surface area contributed by atoms with Crippen molar-refractivity contribution in [3.63, 3.8) is 0 Å². The van der Waals surface area contributed by atoms with Crippen molar-refractivity contribution < 1.29 is 22.7 Å². The molecule has 27 heavy (non-hydrogen) atoms. The molecule has 142 valence electrons. The average Bonchev–Trinajstić information content (AvgIpc) is 3.08. The summed E-state index contributed by atoms with van der Waals surface area (Å²) >= 11 is 1.29. The monoisotopic (exact) mass is 407 g/mol. The smallest absolute Gasteiger partial charge is 0.257 e. The minimum Gasteiger partial charge on any atom is -0.497 e. The van der Waals surface area contributed by atoms with Gasteiger partial charge >= 0.3 is 0 Å². The van der Waals surface area contributed by atoms with Crippen molar-refractivity contribution in [1.82, 2.24) is 9.71 Å². The molecule has 0 saturated carbocycles. The van der Waals surface area contributed by atoms with E-state index in [1.165, 1.54) is 43.7 Å². The van der Waals surface area contributed by atoms with E-state index in [0.29, 0.717) is 10.9 Å².